The molecular weight excluding hydrogens is 290 g/mol. The minimum absolute atomic E-state index is 0.286. The van der Waals surface area contributed by atoms with Crippen molar-refractivity contribution in [1.29, 1.82) is 0 Å². The molecule has 0 aliphatic heterocycles. The molecule has 2 atom stereocenters. The van der Waals surface area contributed by atoms with E-state index >= 15 is 0 Å². The number of methoxy groups -OCH3 is 1. The maximum Gasteiger partial charge on any atom is 0.329 e. The SMILES string of the molecule is COC(=O)C(NC(=O)c1ccccc1)C1(C)C=C(C)C(C)=C1C. The van der Waals surface area contributed by atoms with Crippen molar-refractivity contribution in [3.63, 3.8) is 0 Å². The molecule has 0 spiro atoms. The van der Waals surface area contributed by atoms with E-state index in [0.717, 1.165) is 16.7 Å². The van der Waals surface area contributed by atoms with Crippen molar-refractivity contribution < 1.29 is 14.3 Å². The molecule has 4 nitrogen and oxygen atoms in total. The molecule has 122 valence electrons. The maximum absolute atomic E-state index is 12.5. The van der Waals surface area contributed by atoms with Crippen LogP contribution in [0.4, 0.5) is 0 Å². The first-order valence-corrected chi connectivity index (χ1v) is 7.62. The lowest BCUT2D eigenvalue weighted by Crippen LogP contribution is -2.51. The van der Waals surface area contributed by atoms with Crippen molar-refractivity contribution in [2.45, 2.75) is 33.7 Å². The van der Waals surface area contributed by atoms with Gasteiger partial charge in [0.1, 0.15) is 6.04 Å². The Morgan fingerprint density at radius 3 is 2.22 bits per heavy atom. The first-order valence-electron chi connectivity index (χ1n) is 7.62. The van der Waals surface area contributed by atoms with Crippen LogP contribution in [0.1, 0.15) is 38.1 Å². The third-order valence-electron chi connectivity index (χ3n) is 4.83. The van der Waals surface area contributed by atoms with E-state index in [1.165, 1.54) is 7.11 Å². The van der Waals surface area contributed by atoms with E-state index in [1.54, 1.807) is 24.3 Å². The summed E-state index contributed by atoms with van der Waals surface area (Å²) >= 11 is 0. The molecular formula is C19H23NO3. The predicted octanol–water partition coefficient (Wildman–Crippen LogP) is 3.26. The molecule has 0 saturated carbocycles. The van der Waals surface area contributed by atoms with Gasteiger partial charge in [-0.15, -0.1) is 0 Å². The van der Waals surface area contributed by atoms with Gasteiger partial charge < -0.3 is 10.1 Å². The van der Waals surface area contributed by atoms with Crippen LogP contribution in [0.2, 0.25) is 0 Å². The Hall–Kier alpha value is -2.36. The van der Waals surface area contributed by atoms with Gasteiger partial charge in [-0.2, -0.15) is 0 Å². The molecule has 0 aromatic heterocycles. The van der Waals surface area contributed by atoms with E-state index in [-0.39, 0.29) is 5.91 Å². The molecule has 4 heteroatoms. The molecule has 0 heterocycles. The van der Waals surface area contributed by atoms with E-state index in [1.807, 2.05) is 39.8 Å². The summed E-state index contributed by atoms with van der Waals surface area (Å²) in [6.07, 6.45) is 2.03. The Morgan fingerprint density at radius 2 is 1.74 bits per heavy atom. The molecule has 0 fully saturated rings. The number of amides is 1. The number of ether oxygens (including phenoxy) is 1. The van der Waals surface area contributed by atoms with E-state index in [0.29, 0.717) is 5.56 Å². The van der Waals surface area contributed by atoms with Gasteiger partial charge in [-0.1, -0.05) is 35.4 Å². The van der Waals surface area contributed by atoms with Crippen LogP contribution in [-0.2, 0) is 9.53 Å². The predicted molar refractivity (Wildman–Crippen MR) is 90.0 cm³/mol. The van der Waals surface area contributed by atoms with Crippen molar-refractivity contribution in [2.75, 3.05) is 7.11 Å². The van der Waals surface area contributed by atoms with Crippen LogP contribution in [0.5, 0.6) is 0 Å². The molecule has 1 aromatic carbocycles. The molecule has 23 heavy (non-hydrogen) atoms. The number of nitrogens with one attached hydrogen (secondary N) is 1. The Kier molecular flexibility index (Phi) is 4.73. The Balaban J connectivity index is 2.37. The van der Waals surface area contributed by atoms with Crippen molar-refractivity contribution in [3.8, 4) is 0 Å². The highest BCUT2D eigenvalue weighted by Crippen LogP contribution is 2.43. The smallest absolute Gasteiger partial charge is 0.329 e. The van der Waals surface area contributed by atoms with Gasteiger partial charge in [-0.3, -0.25) is 4.79 Å². The lowest BCUT2D eigenvalue weighted by molar-refractivity contribution is -0.144. The normalized spacial score (nSPS) is 21.7. The number of rotatable bonds is 4. The lowest BCUT2D eigenvalue weighted by Gasteiger charge is -2.33. The van der Waals surface area contributed by atoms with E-state index in [4.69, 9.17) is 4.74 Å². The van der Waals surface area contributed by atoms with Gasteiger partial charge in [-0.05, 0) is 45.4 Å². The van der Waals surface area contributed by atoms with Gasteiger partial charge in [0.15, 0.2) is 0 Å². The van der Waals surface area contributed by atoms with E-state index < -0.39 is 17.4 Å². The lowest BCUT2D eigenvalue weighted by atomic mass is 9.77. The minimum atomic E-state index is -0.771. The fraction of sp³-hybridized carbons (Fsp3) is 0.368. The van der Waals surface area contributed by atoms with Crippen molar-refractivity contribution >= 4 is 11.9 Å². The third-order valence-corrected chi connectivity index (χ3v) is 4.83. The van der Waals surface area contributed by atoms with Crippen molar-refractivity contribution in [1.82, 2.24) is 5.32 Å². The fourth-order valence-electron chi connectivity index (χ4n) is 3.04. The highest BCUT2D eigenvalue weighted by atomic mass is 16.5. The number of esters is 1. The Labute approximate surface area is 137 Å². The van der Waals surface area contributed by atoms with Gasteiger partial charge >= 0.3 is 5.97 Å². The van der Waals surface area contributed by atoms with Gasteiger partial charge in [0.05, 0.1) is 7.11 Å². The summed E-state index contributed by atoms with van der Waals surface area (Å²) in [6, 6.07) is 8.09. The summed E-state index contributed by atoms with van der Waals surface area (Å²) in [7, 11) is 1.34. The van der Waals surface area contributed by atoms with Crippen molar-refractivity contribution in [2.24, 2.45) is 5.41 Å². The van der Waals surface area contributed by atoms with Crippen LogP contribution in [0.25, 0.3) is 0 Å². The fourth-order valence-corrected chi connectivity index (χ4v) is 3.04. The van der Waals surface area contributed by atoms with E-state index in [9.17, 15) is 9.59 Å². The van der Waals surface area contributed by atoms with Gasteiger partial charge in [0.25, 0.3) is 5.91 Å². The first kappa shape index (κ1) is 17.0. The summed E-state index contributed by atoms with van der Waals surface area (Å²) in [6.45, 7) is 7.99. The summed E-state index contributed by atoms with van der Waals surface area (Å²) in [5.41, 5.74) is 3.26. The Bertz CT molecular complexity index is 688. The van der Waals surface area contributed by atoms with Gasteiger partial charge in [0.2, 0.25) is 0 Å². The molecule has 1 aliphatic carbocycles. The summed E-state index contributed by atoms with van der Waals surface area (Å²) in [4.78, 5) is 24.8. The number of allylic oxidation sites excluding steroid dienone is 2. The number of carbonyl (C=O) groups is 2. The highest BCUT2D eigenvalue weighted by Gasteiger charge is 2.44. The van der Waals surface area contributed by atoms with Crippen LogP contribution < -0.4 is 5.32 Å². The summed E-state index contributed by atoms with van der Waals surface area (Å²) in [5.74, 6) is -0.736. The zero-order chi connectivity index (χ0) is 17.2. The summed E-state index contributed by atoms with van der Waals surface area (Å²) in [5, 5.41) is 2.85. The van der Waals surface area contributed by atoms with Crippen LogP contribution >= 0.6 is 0 Å². The standard InChI is InChI=1S/C19H23NO3/c1-12-11-19(4,14(3)13(12)2)16(18(22)23-5)20-17(21)15-9-7-6-8-10-15/h6-11,16H,1-5H3,(H,20,21). The third kappa shape index (κ3) is 3.07. The number of hydrogen-bond acceptors (Lipinski definition) is 3. The van der Waals surface area contributed by atoms with Crippen LogP contribution in [-0.4, -0.2) is 25.0 Å². The molecule has 1 N–H and O–H groups in total. The number of benzene rings is 1. The second-order valence-electron chi connectivity index (χ2n) is 6.16. The van der Waals surface area contributed by atoms with Crippen LogP contribution in [0.3, 0.4) is 0 Å². The molecule has 0 saturated heterocycles. The second-order valence-corrected chi connectivity index (χ2v) is 6.16. The topological polar surface area (TPSA) is 55.4 Å². The van der Waals surface area contributed by atoms with Gasteiger partial charge in [0, 0.05) is 11.0 Å². The average molecular weight is 313 g/mol. The van der Waals surface area contributed by atoms with Crippen LogP contribution in [0.15, 0.2) is 53.1 Å². The monoisotopic (exact) mass is 313 g/mol. The first-order chi connectivity index (χ1) is 10.8. The molecule has 1 amide bonds. The minimum Gasteiger partial charge on any atom is -0.467 e. The van der Waals surface area contributed by atoms with Gasteiger partial charge in [-0.25, -0.2) is 4.79 Å². The highest BCUT2D eigenvalue weighted by molar-refractivity contribution is 5.97. The quantitative estimate of drug-likeness (QED) is 0.868. The molecule has 2 unspecified atom stereocenters. The molecule has 0 bridgehead atoms. The van der Waals surface area contributed by atoms with Crippen LogP contribution in [0, 0.1) is 5.41 Å². The average Bonchev–Trinajstić information content (AvgIpc) is 2.76. The largest absolute Gasteiger partial charge is 0.467 e. The zero-order valence-corrected chi connectivity index (χ0v) is 14.3. The molecule has 1 aliphatic rings. The summed E-state index contributed by atoms with van der Waals surface area (Å²) < 4.78 is 4.94. The number of hydrogen-bond donors (Lipinski definition) is 1. The van der Waals surface area contributed by atoms with E-state index in [2.05, 4.69) is 5.32 Å². The number of carbonyl (C=O) groups excluding carboxylic acids is 2. The van der Waals surface area contributed by atoms with Crippen molar-refractivity contribution in [3.05, 3.63) is 58.7 Å². The molecule has 0 radical (unpaired) electrons. The zero-order valence-electron chi connectivity index (χ0n) is 14.3. The molecule has 1 aromatic rings. The maximum atomic E-state index is 12.5. The molecule has 2 rings (SSSR count). The Morgan fingerprint density at radius 1 is 1.13 bits per heavy atom. The second kappa shape index (κ2) is 6.41.